The number of rotatable bonds is 4. The van der Waals surface area contributed by atoms with E-state index in [4.69, 9.17) is 0 Å². The minimum Gasteiger partial charge on any atom is -0.299 e. The first-order chi connectivity index (χ1) is 5.76. The molecule has 0 aliphatic rings. The van der Waals surface area contributed by atoms with E-state index in [0.717, 1.165) is 17.3 Å². The molecule has 4 heteroatoms. The highest BCUT2D eigenvalue weighted by Crippen LogP contribution is 2.06. The van der Waals surface area contributed by atoms with E-state index in [-0.39, 0.29) is 5.78 Å². The Balaban J connectivity index is 2.58. The van der Waals surface area contributed by atoms with Crippen LogP contribution < -0.4 is 0 Å². The first-order valence-electron chi connectivity index (χ1n) is 4.09. The van der Waals surface area contributed by atoms with Gasteiger partial charge >= 0.3 is 0 Å². The van der Waals surface area contributed by atoms with Crippen LogP contribution in [0, 0.1) is 0 Å². The van der Waals surface area contributed by atoms with E-state index in [1.165, 1.54) is 11.5 Å². The Kier molecular flexibility index (Phi) is 3.34. The molecule has 12 heavy (non-hydrogen) atoms. The minimum atomic E-state index is 0.230. The second-order valence-electron chi connectivity index (χ2n) is 2.53. The van der Waals surface area contributed by atoms with Gasteiger partial charge in [0.15, 0.2) is 0 Å². The number of ketones is 1. The summed E-state index contributed by atoms with van der Waals surface area (Å²) in [5, 5.41) is 0.846. The van der Waals surface area contributed by atoms with Crippen LogP contribution in [0.3, 0.4) is 0 Å². The lowest BCUT2D eigenvalue weighted by Gasteiger charge is -1.89. The molecule has 0 amide bonds. The summed E-state index contributed by atoms with van der Waals surface area (Å²) < 4.78 is 4.10. The third kappa shape index (κ3) is 2.37. The molecule has 0 bridgehead atoms. The van der Waals surface area contributed by atoms with Gasteiger partial charge in [0, 0.05) is 12.8 Å². The average molecular weight is 184 g/mol. The molecule has 0 aromatic carbocycles. The molecule has 0 aliphatic heterocycles. The van der Waals surface area contributed by atoms with Crippen LogP contribution in [-0.4, -0.2) is 15.1 Å². The van der Waals surface area contributed by atoms with E-state index in [0.29, 0.717) is 12.8 Å². The fourth-order valence-corrected chi connectivity index (χ4v) is 1.55. The Morgan fingerprint density at radius 1 is 1.50 bits per heavy atom. The highest BCUT2D eigenvalue weighted by Gasteiger charge is 2.06. The smallest absolute Gasteiger partial charge is 0.142 e. The summed E-state index contributed by atoms with van der Waals surface area (Å²) in [5.41, 5.74) is 0. The lowest BCUT2D eigenvalue weighted by Crippen LogP contribution is -1.99. The molecule has 66 valence electrons. The predicted molar refractivity (Wildman–Crippen MR) is 48.3 cm³/mol. The summed E-state index contributed by atoms with van der Waals surface area (Å²) in [7, 11) is 0. The van der Waals surface area contributed by atoms with Crippen LogP contribution in [0.2, 0.25) is 0 Å². The van der Waals surface area contributed by atoms with Crippen molar-refractivity contribution >= 4 is 17.3 Å². The monoisotopic (exact) mass is 184 g/mol. The quantitative estimate of drug-likeness (QED) is 0.714. The zero-order valence-electron chi connectivity index (χ0n) is 7.33. The van der Waals surface area contributed by atoms with E-state index in [9.17, 15) is 4.79 Å². The van der Waals surface area contributed by atoms with Gasteiger partial charge in [0.25, 0.3) is 0 Å². The maximum Gasteiger partial charge on any atom is 0.142 e. The molecule has 3 nitrogen and oxygen atoms in total. The molecule has 0 atom stereocenters. The molecule has 0 N–H and O–H groups in total. The van der Waals surface area contributed by atoms with Crippen molar-refractivity contribution in [1.82, 2.24) is 9.36 Å². The van der Waals surface area contributed by atoms with Gasteiger partial charge in [0.2, 0.25) is 0 Å². The number of hydrogen-bond acceptors (Lipinski definition) is 4. The van der Waals surface area contributed by atoms with E-state index in [2.05, 4.69) is 9.36 Å². The Morgan fingerprint density at radius 2 is 2.25 bits per heavy atom. The van der Waals surface area contributed by atoms with E-state index >= 15 is 0 Å². The van der Waals surface area contributed by atoms with Crippen LogP contribution in [-0.2, 0) is 17.6 Å². The topological polar surface area (TPSA) is 42.9 Å². The number of aryl methyl sites for hydroxylation is 1. The Bertz CT molecular complexity index is 270. The van der Waals surface area contributed by atoms with Gasteiger partial charge in [-0.15, -0.1) is 0 Å². The van der Waals surface area contributed by atoms with Crippen molar-refractivity contribution in [2.75, 3.05) is 0 Å². The van der Waals surface area contributed by atoms with Crippen molar-refractivity contribution in [1.29, 1.82) is 0 Å². The standard InChI is InChI=1S/C8H12N2OS/c1-3-6(11)5-8-9-7(4-2)10-12-8/h3-5H2,1-2H3. The molecular weight excluding hydrogens is 172 g/mol. The summed E-state index contributed by atoms with van der Waals surface area (Å²) in [6.07, 6.45) is 1.88. The molecule has 0 radical (unpaired) electrons. The van der Waals surface area contributed by atoms with Crippen molar-refractivity contribution in [3.8, 4) is 0 Å². The van der Waals surface area contributed by atoms with Crippen LogP contribution in [0.4, 0.5) is 0 Å². The van der Waals surface area contributed by atoms with Gasteiger partial charge in [-0.2, -0.15) is 4.37 Å². The maximum absolute atomic E-state index is 11.0. The van der Waals surface area contributed by atoms with E-state index in [1.54, 1.807) is 0 Å². The molecular formula is C8H12N2OS. The Hall–Kier alpha value is -0.770. The van der Waals surface area contributed by atoms with Gasteiger partial charge in [-0.3, -0.25) is 4.79 Å². The van der Waals surface area contributed by atoms with Crippen LogP contribution in [0.1, 0.15) is 31.1 Å². The molecule has 0 aliphatic carbocycles. The summed E-state index contributed by atoms with van der Waals surface area (Å²) in [5.74, 6) is 1.08. The highest BCUT2D eigenvalue weighted by atomic mass is 32.1. The fourth-order valence-electron chi connectivity index (χ4n) is 0.799. The van der Waals surface area contributed by atoms with Crippen molar-refractivity contribution < 1.29 is 4.79 Å². The van der Waals surface area contributed by atoms with Crippen LogP contribution in [0.25, 0.3) is 0 Å². The number of Topliss-reactive ketones (excluding diaryl/α,β-unsaturated/α-hetero) is 1. The van der Waals surface area contributed by atoms with Gasteiger partial charge in [-0.25, -0.2) is 4.98 Å². The zero-order chi connectivity index (χ0) is 8.97. The first-order valence-corrected chi connectivity index (χ1v) is 4.86. The van der Waals surface area contributed by atoms with Gasteiger partial charge in [0.05, 0.1) is 6.42 Å². The van der Waals surface area contributed by atoms with Crippen molar-refractivity contribution in [2.45, 2.75) is 33.1 Å². The summed E-state index contributed by atoms with van der Waals surface area (Å²) in [6, 6.07) is 0. The summed E-state index contributed by atoms with van der Waals surface area (Å²) in [6.45, 7) is 3.87. The summed E-state index contributed by atoms with van der Waals surface area (Å²) >= 11 is 1.34. The molecule has 0 spiro atoms. The van der Waals surface area contributed by atoms with Gasteiger partial charge in [-0.1, -0.05) is 13.8 Å². The van der Waals surface area contributed by atoms with Crippen molar-refractivity contribution in [3.05, 3.63) is 10.8 Å². The summed E-state index contributed by atoms with van der Waals surface area (Å²) in [4.78, 5) is 15.2. The van der Waals surface area contributed by atoms with Crippen molar-refractivity contribution in [2.24, 2.45) is 0 Å². The van der Waals surface area contributed by atoms with Crippen LogP contribution >= 0.6 is 11.5 Å². The van der Waals surface area contributed by atoms with E-state index < -0.39 is 0 Å². The lowest BCUT2D eigenvalue weighted by molar-refractivity contribution is -0.118. The predicted octanol–water partition coefficient (Wildman–Crippen LogP) is 1.62. The van der Waals surface area contributed by atoms with Gasteiger partial charge in [-0.05, 0) is 11.5 Å². The molecule has 0 saturated carbocycles. The minimum absolute atomic E-state index is 0.230. The highest BCUT2D eigenvalue weighted by molar-refractivity contribution is 7.05. The third-order valence-corrected chi connectivity index (χ3v) is 2.32. The number of carbonyl (C=O) groups excluding carboxylic acids is 1. The zero-order valence-corrected chi connectivity index (χ0v) is 8.15. The number of hydrogen-bond donors (Lipinski definition) is 0. The Morgan fingerprint density at radius 3 is 2.75 bits per heavy atom. The molecule has 0 fully saturated rings. The fraction of sp³-hybridized carbons (Fsp3) is 0.625. The van der Waals surface area contributed by atoms with Crippen LogP contribution in [0.5, 0.6) is 0 Å². The third-order valence-electron chi connectivity index (χ3n) is 1.57. The second kappa shape index (κ2) is 4.30. The lowest BCUT2D eigenvalue weighted by atomic mass is 10.2. The number of carbonyl (C=O) groups is 1. The van der Waals surface area contributed by atoms with Gasteiger partial charge < -0.3 is 0 Å². The maximum atomic E-state index is 11.0. The normalized spacial score (nSPS) is 10.2. The second-order valence-corrected chi connectivity index (χ2v) is 3.36. The molecule has 0 unspecified atom stereocenters. The molecule has 1 aromatic rings. The number of aromatic nitrogens is 2. The molecule has 1 rings (SSSR count). The molecule has 1 aromatic heterocycles. The molecule has 0 saturated heterocycles. The SMILES string of the molecule is CCC(=O)Cc1nc(CC)ns1. The Labute approximate surface area is 76.0 Å². The van der Waals surface area contributed by atoms with Crippen LogP contribution in [0.15, 0.2) is 0 Å². The first kappa shape index (κ1) is 9.32. The van der Waals surface area contributed by atoms with E-state index in [1.807, 2.05) is 13.8 Å². The molecule has 1 heterocycles. The van der Waals surface area contributed by atoms with Crippen molar-refractivity contribution in [3.63, 3.8) is 0 Å². The van der Waals surface area contributed by atoms with Gasteiger partial charge in [0.1, 0.15) is 16.6 Å². The number of nitrogens with zero attached hydrogens (tertiary/aromatic N) is 2. The largest absolute Gasteiger partial charge is 0.299 e. The average Bonchev–Trinajstić information content (AvgIpc) is 2.52.